The molecule has 0 aliphatic rings. The van der Waals surface area contributed by atoms with Crippen LogP contribution in [-0.4, -0.2) is 25.7 Å². The highest BCUT2D eigenvalue weighted by Crippen LogP contribution is 2.27. The highest BCUT2D eigenvalue weighted by molar-refractivity contribution is 9.10. The zero-order valence-corrected chi connectivity index (χ0v) is 13.6. The third-order valence-electron chi connectivity index (χ3n) is 2.69. The predicted octanol–water partition coefficient (Wildman–Crippen LogP) is 2.60. The lowest BCUT2D eigenvalue weighted by molar-refractivity contribution is 0.415. The predicted molar refractivity (Wildman–Crippen MR) is 79.6 cm³/mol. The summed E-state index contributed by atoms with van der Waals surface area (Å²) >= 11 is 3.31. The van der Waals surface area contributed by atoms with Gasteiger partial charge in [0, 0.05) is 10.5 Å². The lowest BCUT2D eigenvalue weighted by Gasteiger charge is -2.10. The molecule has 2 rings (SSSR count). The number of sulfonamides is 1. The number of hydrogen-bond donors (Lipinski definition) is 2. The summed E-state index contributed by atoms with van der Waals surface area (Å²) in [6, 6.07) is 5.00. The molecule has 1 aromatic carbocycles. The van der Waals surface area contributed by atoms with Gasteiger partial charge in [-0.1, -0.05) is 15.9 Å². The van der Waals surface area contributed by atoms with E-state index < -0.39 is 10.0 Å². The fraction of sp³-hybridized carbons (Fsp3) is 0.250. The molecule has 108 valence electrons. The molecule has 0 saturated heterocycles. The summed E-state index contributed by atoms with van der Waals surface area (Å²) in [6.45, 7) is 3.30. The molecule has 0 atom stereocenters. The van der Waals surface area contributed by atoms with Gasteiger partial charge >= 0.3 is 0 Å². The molecule has 1 heterocycles. The Labute approximate surface area is 125 Å². The number of hydrogen-bond acceptors (Lipinski definition) is 4. The SMILES string of the molecule is COc1cc(Br)cc(NS(=O)(=O)c2c(C)n[nH]c2C)c1. The second-order valence-electron chi connectivity index (χ2n) is 4.25. The summed E-state index contributed by atoms with van der Waals surface area (Å²) < 4.78 is 33.1. The number of aromatic amines is 1. The topological polar surface area (TPSA) is 84.1 Å². The van der Waals surface area contributed by atoms with Crippen molar-refractivity contribution in [1.82, 2.24) is 10.2 Å². The molecule has 2 N–H and O–H groups in total. The lowest BCUT2D eigenvalue weighted by Crippen LogP contribution is -2.14. The molecular weight excluding hydrogens is 346 g/mol. The maximum atomic E-state index is 12.4. The molecule has 0 amide bonds. The minimum Gasteiger partial charge on any atom is -0.497 e. The van der Waals surface area contributed by atoms with E-state index in [0.717, 1.165) is 4.47 Å². The monoisotopic (exact) mass is 359 g/mol. The standard InChI is InChI=1S/C12H14BrN3O3S/c1-7-12(8(2)15-14-7)20(17,18)16-10-4-9(13)5-11(6-10)19-3/h4-6,16H,1-3H3,(H,14,15). The number of aromatic nitrogens is 2. The maximum Gasteiger partial charge on any atom is 0.265 e. The van der Waals surface area contributed by atoms with Crippen LogP contribution in [0.3, 0.4) is 0 Å². The number of H-pyrrole nitrogens is 1. The number of methoxy groups -OCH3 is 1. The van der Waals surface area contributed by atoms with Crippen molar-refractivity contribution in [2.75, 3.05) is 11.8 Å². The number of halogens is 1. The first-order valence-corrected chi connectivity index (χ1v) is 8.00. The van der Waals surface area contributed by atoms with Gasteiger partial charge in [-0.2, -0.15) is 5.10 Å². The number of nitrogens with one attached hydrogen (secondary N) is 2. The van der Waals surface area contributed by atoms with Crippen LogP contribution >= 0.6 is 15.9 Å². The first-order valence-electron chi connectivity index (χ1n) is 5.72. The van der Waals surface area contributed by atoms with E-state index >= 15 is 0 Å². The maximum absolute atomic E-state index is 12.4. The molecule has 0 fully saturated rings. The van der Waals surface area contributed by atoms with Crippen LogP contribution in [0.15, 0.2) is 27.6 Å². The number of benzene rings is 1. The van der Waals surface area contributed by atoms with Crippen molar-refractivity contribution in [3.05, 3.63) is 34.1 Å². The molecule has 0 saturated carbocycles. The molecule has 8 heteroatoms. The molecule has 0 unspecified atom stereocenters. The third kappa shape index (κ3) is 2.96. The van der Waals surface area contributed by atoms with Gasteiger partial charge in [0.25, 0.3) is 10.0 Å². The first kappa shape index (κ1) is 14.9. The molecule has 0 bridgehead atoms. The Hall–Kier alpha value is -1.54. The fourth-order valence-electron chi connectivity index (χ4n) is 1.88. The Morgan fingerprint density at radius 3 is 2.55 bits per heavy atom. The average molecular weight is 360 g/mol. The van der Waals surface area contributed by atoms with Gasteiger partial charge in [-0.05, 0) is 26.0 Å². The first-order chi connectivity index (χ1) is 9.33. The van der Waals surface area contributed by atoms with E-state index in [2.05, 4.69) is 30.8 Å². The van der Waals surface area contributed by atoms with Gasteiger partial charge in [0.2, 0.25) is 0 Å². The molecule has 0 radical (unpaired) electrons. The Morgan fingerprint density at radius 1 is 1.30 bits per heavy atom. The van der Waals surface area contributed by atoms with Gasteiger partial charge in [-0.15, -0.1) is 0 Å². The van der Waals surface area contributed by atoms with Crippen LogP contribution < -0.4 is 9.46 Å². The largest absolute Gasteiger partial charge is 0.497 e. The van der Waals surface area contributed by atoms with E-state index in [1.54, 1.807) is 32.0 Å². The second-order valence-corrected chi connectivity index (χ2v) is 6.78. The van der Waals surface area contributed by atoms with Crippen molar-refractivity contribution in [3.63, 3.8) is 0 Å². The normalized spacial score (nSPS) is 11.4. The van der Waals surface area contributed by atoms with Crippen LogP contribution in [-0.2, 0) is 10.0 Å². The molecule has 20 heavy (non-hydrogen) atoms. The number of aryl methyl sites for hydroxylation is 2. The lowest BCUT2D eigenvalue weighted by atomic mass is 10.3. The molecule has 0 spiro atoms. The van der Waals surface area contributed by atoms with E-state index in [1.807, 2.05) is 0 Å². The summed E-state index contributed by atoms with van der Waals surface area (Å²) in [5.41, 5.74) is 1.34. The van der Waals surface area contributed by atoms with Gasteiger partial charge in [0.1, 0.15) is 10.6 Å². The average Bonchev–Trinajstić information content (AvgIpc) is 2.68. The van der Waals surface area contributed by atoms with Crippen molar-refractivity contribution in [3.8, 4) is 5.75 Å². The van der Waals surface area contributed by atoms with Gasteiger partial charge < -0.3 is 4.74 Å². The Bertz CT molecular complexity index is 721. The van der Waals surface area contributed by atoms with Gasteiger partial charge in [0.15, 0.2) is 0 Å². The minimum atomic E-state index is -3.69. The molecule has 1 aromatic heterocycles. The van der Waals surface area contributed by atoms with Crippen molar-refractivity contribution < 1.29 is 13.2 Å². The van der Waals surface area contributed by atoms with Crippen LogP contribution in [0, 0.1) is 13.8 Å². The van der Waals surface area contributed by atoms with E-state index in [9.17, 15) is 8.42 Å². The van der Waals surface area contributed by atoms with E-state index in [0.29, 0.717) is 22.8 Å². The Morgan fingerprint density at radius 2 is 2.00 bits per heavy atom. The molecule has 0 aliphatic carbocycles. The van der Waals surface area contributed by atoms with Gasteiger partial charge in [-0.25, -0.2) is 8.42 Å². The quantitative estimate of drug-likeness (QED) is 0.878. The van der Waals surface area contributed by atoms with Crippen LogP contribution in [0.5, 0.6) is 5.75 Å². The van der Waals surface area contributed by atoms with Crippen molar-refractivity contribution in [2.45, 2.75) is 18.7 Å². The third-order valence-corrected chi connectivity index (χ3v) is 4.79. The Balaban J connectivity index is 2.41. The van der Waals surface area contributed by atoms with E-state index in [1.165, 1.54) is 7.11 Å². The van der Waals surface area contributed by atoms with Crippen molar-refractivity contribution in [1.29, 1.82) is 0 Å². The van der Waals surface area contributed by atoms with Gasteiger partial charge in [0.05, 0.1) is 24.2 Å². The minimum absolute atomic E-state index is 0.163. The summed E-state index contributed by atoms with van der Waals surface area (Å²) in [6.07, 6.45) is 0. The molecule has 2 aromatic rings. The summed E-state index contributed by atoms with van der Waals surface area (Å²) in [7, 11) is -2.17. The van der Waals surface area contributed by atoms with Crippen LogP contribution in [0.25, 0.3) is 0 Å². The van der Waals surface area contributed by atoms with Gasteiger partial charge in [-0.3, -0.25) is 9.82 Å². The molecular formula is C12H14BrN3O3S. The van der Waals surface area contributed by atoms with Crippen LogP contribution in [0.1, 0.15) is 11.4 Å². The number of nitrogens with zero attached hydrogens (tertiary/aromatic N) is 1. The fourth-order valence-corrected chi connectivity index (χ4v) is 3.77. The molecule has 0 aliphatic heterocycles. The molecule has 6 nitrogen and oxygen atoms in total. The van der Waals surface area contributed by atoms with Crippen LogP contribution in [0.4, 0.5) is 5.69 Å². The van der Waals surface area contributed by atoms with E-state index in [-0.39, 0.29) is 4.90 Å². The Kier molecular flexibility index (Phi) is 4.05. The number of rotatable bonds is 4. The smallest absolute Gasteiger partial charge is 0.265 e. The zero-order chi connectivity index (χ0) is 14.9. The van der Waals surface area contributed by atoms with Crippen LogP contribution in [0.2, 0.25) is 0 Å². The van der Waals surface area contributed by atoms with E-state index in [4.69, 9.17) is 4.74 Å². The van der Waals surface area contributed by atoms with Crippen molar-refractivity contribution >= 4 is 31.6 Å². The summed E-state index contributed by atoms with van der Waals surface area (Å²) in [5, 5.41) is 6.56. The number of ether oxygens (including phenoxy) is 1. The summed E-state index contributed by atoms with van der Waals surface area (Å²) in [5.74, 6) is 0.553. The number of anilines is 1. The van der Waals surface area contributed by atoms with Crippen molar-refractivity contribution in [2.24, 2.45) is 0 Å². The highest BCUT2D eigenvalue weighted by atomic mass is 79.9. The highest BCUT2D eigenvalue weighted by Gasteiger charge is 2.22. The summed E-state index contributed by atoms with van der Waals surface area (Å²) in [4.78, 5) is 0.163. The zero-order valence-electron chi connectivity index (χ0n) is 11.2. The second kappa shape index (κ2) is 5.45.